The highest BCUT2D eigenvalue weighted by atomic mass is 35.5. The number of hydrogen-bond donors (Lipinski definition) is 1. The van der Waals surface area contributed by atoms with Crippen LogP contribution in [0.2, 0.25) is 20.1 Å². The summed E-state index contributed by atoms with van der Waals surface area (Å²) in [7, 11) is 0. The summed E-state index contributed by atoms with van der Waals surface area (Å²) in [5.74, 6) is -2.73. The van der Waals surface area contributed by atoms with E-state index < -0.39 is 40.7 Å². The monoisotopic (exact) mass is 591 g/mol. The smallest absolute Gasteiger partial charge is 0.383 e. The van der Waals surface area contributed by atoms with Crippen LogP contribution in [0.4, 0.5) is 32.2 Å². The first kappa shape index (κ1) is 26.0. The van der Waals surface area contributed by atoms with Crippen molar-refractivity contribution in [3.05, 3.63) is 61.9 Å². The standard InChI is InChI=1S/C19H7Cl4F6N5S/c20-7-2-1-3-8(21)13(7)35-6-4-9(22)12(10(23)5-6)34-15(30)11-14(18(24,25)26)31-17(19(27,28)29)32-16(11)33-34/h1-5H,30H2. The molecule has 2 N–H and O–H groups in total. The molecule has 0 radical (unpaired) electrons. The molecule has 184 valence electrons. The number of anilines is 1. The normalized spacial score (nSPS) is 12.5. The van der Waals surface area contributed by atoms with Gasteiger partial charge in [-0.15, -0.1) is 5.10 Å². The summed E-state index contributed by atoms with van der Waals surface area (Å²) in [6.45, 7) is 0. The van der Waals surface area contributed by atoms with E-state index in [1.165, 1.54) is 12.1 Å². The van der Waals surface area contributed by atoms with E-state index in [1.54, 1.807) is 18.2 Å². The van der Waals surface area contributed by atoms with Crippen LogP contribution in [0.1, 0.15) is 11.5 Å². The molecule has 0 aliphatic heterocycles. The van der Waals surface area contributed by atoms with Crippen molar-refractivity contribution < 1.29 is 26.3 Å². The molecule has 0 bridgehead atoms. The van der Waals surface area contributed by atoms with E-state index in [9.17, 15) is 26.3 Å². The summed E-state index contributed by atoms with van der Waals surface area (Å²) in [4.78, 5) is 6.70. The minimum absolute atomic E-state index is 0.125. The lowest BCUT2D eigenvalue weighted by Crippen LogP contribution is -2.17. The van der Waals surface area contributed by atoms with Crippen molar-refractivity contribution in [2.75, 3.05) is 5.73 Å². The van der Waals surface area contributed by atoms with Crippen molar-refractivity contribution in [1.82, 2.24) is 19.7 Å². The molecule has 35 heavy (non-hydrogen) atoms. The van der Waals surface area contributed by atoms with Gasteiger partial charge >= 0.3 is 12.4 Å². The number of nitrogen functional groups attached to an aromatic ring is 1. The van der Waals surface area contributed by atoms with E-state index in [0.717, 1.165) is 11.8 Å². The summed E-state index contributed by atoms with van der Waals surface area (Å²) in [5.41, 5.74) is 2.83. The maximum absolute atomic E-state index is 13.5. The molecule has 0 unspecified atom stereocenters. The first-order valence-electron chi connectivity index (χ1n) is 9.00. The number of halogens is 10. The van der Waals surface area contributed by atoms with Crippen molar-refractivity contribution in [2.24, 2.45) is 0 Å². The quantitative estimate of drug-likeness (QED) is 0.243. The second-order valence-electron chi connectivity index (χ2n) is 6.78. The fourth-order valence-electron chi connectivity index (χ4n) is 3.02. The zero-order chi connectivity index (χ0) is 25.9. The lowest BCUT2D eigenvalue weighted by Gasteiger charge is -2.13. The molecule has 2 heterocycles. The maximum atomic E-state index is 13.5. The van der Waals surface area contributed by atoms with Gasteiger partial charge in [0.05, 0.1) is 25.5 Å². The Morgan fingerprint density at radius 1 is 0.829 bits per heavy atom. The summed E-state index contributed by atoms with van der Waals surface area (Å²) >= 11 is 26.1. The highest BCUT2D eigenvalue weighted by Gasteiger charge is 2.43. The van der Waals surface area contributed by atoms with Crippen LogP contribution in [-0.4, -0.2) is 19.7 Å². The van der Waals surface area contributed by atoms with Crippen molar-refractivity contribution in [1.29, 1.82) is 0 Å². The Hall–Kier alpha value is -2.12. The van der Waals surface area contributed by atoms with E-state index in [2.05, 4.69) is 15.1 Å². The molecule has 2 aromatic carbocycles. The number of alkyl halides is 6. The van der Waals surface area contributed by atoms with Gasteiger partial charge in [0.1, 0.15) is 11.5 Å². The Morgan fingerprint density at radius 3 is 1.91 bits per heavy atom. The Bertz CT molecular complexity index is 1430. The SMILES string of the molecule is Nc1c2c(C(F)(F)F)nc(C(F)(F)F)nc2nn1-c1c(Cl)cc(Sc2c(Cl)cccc2Cl)cc1Cl. The van der Waals surface area contributed by atoms with Gasteiger partial charge in [0.15, 0.2) is 11.3 Å². The van der Waals surface area contributed by atoms with E-state index in [0.29, 0.717) is 24.5 Å². The molecule has 16 heteroatoms. The fraction of sp³-hybridized carbons (Fsp3) is 0.105. The Labute approximate surface area is 216 Å². The number of aromatic nitrogens is 4. The summed E-state index contributed by atoms with van der Waals surface area (Å²) in [5, 5.41) is 3.23. The Kier molecular flexibility index (Phi) is 6.73. The zero-order valence-electron chi connectivity index (χ0n) is 16.4. The van der Waals surface area contributed by atoms with Crippen molar-refractivity contribution in [2.45, 2.75) is 22.1 Å². The lowest BCUT2D eigenvalue weighted by atomic mass is 10.2. The van der Waals surface area contributed by atoms with Crippen LogP contribution in [0.15, 0.2) is 40.1 Å². The summed E-state index contributed by atoms with van der Waals surface area (Å²) in [6, 6.07) is 7.63. The van der Waals surface area contributed by atoms with Gasteiger partial charge in [-0.25, -0.2) is 14.6 Å². The van der Waals surface area contributed by atoms with Gasteiger partial charge in [-0.3, -0.25) is 0 Å². The summed E-state index contributed by atoms with van der Waals surface area (Å²) < 4.78 is 80.6. The van der Waals surface area contributed by atoms with Gasteiger partial charge in [0.2, 0.25) is 5.82 Å². The molecule has 0 saturated carbocycles. The van der Waals surface area contributed by atoms with Crippen LogP contribution in [-0.2, 0) is 12.4 Å². The average molecular weight is 593 g/mol. The highest BCUT2D eigenvalue weighted by molar-refractivity contribution is 7.99. The number of benzene rings is 2. The number of nitrogens with zero attached hydrogens (tertiary/aromatic N) is 4. The third-order valence-corrected chi connectivity index (χ3v) is 6.98. The van der Waals surface area contributed by atoms with Crippen molar-refractivity contribution in [3.63, 3.8) is 0 Å². The minimum Gasteiger partial charge on any atom is -0.383 e. The molecule has 0 saturated heterocycles. The van der Waals surface area contributed by atoms with E-state index >= 15 is 0 Å². The Morgan fingerprint density at radius 2 is 1.40 bits per heavy atom. The molecule has 0 spiro atoms. The van der Waals surface area contributed by atoms with E-state index in [-0.39, 0.29) is 15.7 Å². The molecular formula is C19H7Cl4F6N5S. The molecule has 0 atom stereocenters. The minimum atomic E-state index is -5.29. The van der Waals surface area contributed by atoms with Crippen molar-refractivity contribution in [3.8, 4) is 5.69 Å². The van der Waals surface area contributed by atoms with Crippen LogP contribution >= 0.6 is 58.2 Å². The van der Waals surface area contributed by atoms with Gasteiger partial charge in [-0.2, -0.15) is 26.3 Å². The van der Waals surface area contributed by atoms with Gasteiger partial charge < -0.3 is 5.73 Å². The lowest BCUT2D eigenvalue weighted by molar-refractivity contribution is -0.151. The molecule has 4 aromatic rings. The number of nitrogens with two attached hydrogens (primary N) is 1. The van der Waals surface area contributed by atoms with Crippen molar-refractivity contribution >= 4 is 75.0 Å². The molecule has 0 fully saturated rings. The molecule has 0 aliphatic carbocycles. The number of fused-ring (bicyclic) bond motifs is 1. The van der Waals surface area contributed by atoms with Gasteiger partial charge in [-0.1, -0.05) is 64.2 Å². The third kappa shape index (κ3) is 4.94. The molecule has 2 aromatic heterocycles. The predicted octanol–water partition coefficient (Wildman–Crippen LogP) is 8.20. The number of hydrogen-bond acceptors (Lipinski definition) is 5. The predicted molar refractivity (Wildman–Crippen MR) is 122 cm³/mol. The first-order chi connectivity index (χ1) is 16.2. The van der Waals surface area contributed by atoms with E-state index in [1.807, 2.05) is 0 Å². The van der Waals surface area contributed by atoms with Crippen LogP contribution in [0.3, 0.4) is 0 Å². The fourth-order valence-corrected chi connectivity index (χ4v) is 5.34. The van der Waals surface area contributed by atoms with Gasteiger partial charge in [0.25, 0.3) is 0 Å². The topological polar surface area (TPSA) is 69.6 Å². The molecule has 0 aliphatic rings. The molecule has 5 nitrogen and oxygen atoms in total. The molecule has 4 rings (SSSR count). The second-order valence-corrected chi connectivity index (χ2v) is 9.49. The van der Waals surface area contributed by atoms with Crippen LogP contribution in [0.5, 0.6) is 0 Å². The largest absolute Gasteiger partial charge is 0.451 e. The van der Waals surface area contributed by atoms with E-state index in [4.69, 9.17) is 52.1 Å². The average Bonchev–Trinajstić information content (AvgIpc) is 3.04. The van der Waals surface area contributed by atoms with Gasteiger partial charge in [0, 0.05) is 9.79 Å². The maximum Gasteiger partial charge on any atom is 0.451 e. The van der Waals surface area contributed by atoms with Crippen LogP contribution in [0.25, 0.3) is 16.7 Å². The second kappa shape index (κ2) is 9.07. The molecular weight excluding hydrogens is 586 g/mol. The highest BCUT2D eigenvalue weighted by Crippen LogP contribution is 2.44. The summed E-state index contributed by atoms with van der Waals surface area (Å²) in [6.07, 6.45) is -10.5. The van der Waals surface area contributed by atoms with Crippen LogP contribution < -0.4 is 5.73 Å². The van der Waals surface area contributed by atoms with Crippen LogP contribution in [0, 0.1) is 0 Å². The molecule has 0 amide bonds. The Balaban J connectivity index is 1.89. The van der Waals surface area contributed by atoms with Gasteiger partial charge in [-0.05, 0) is 24.3 Å². The number of rotatable bonds is 3. The zero-order valence-corrected chi connectivity index (χ0v) is 20.3. The first-order valence-corrected chi connectivity index (χ1v) is 11.3. The third-order valence-electron chi connectivity index (χ3n) is 4.43.